The molecule has 5 heteroatoms. The zero-order valence-electron chi connectivity index (χ0n) is 13.7. The lowest BCUT2D eigenvalue weighted by molar-refractivity contribution is 0.624. The van der Waals surface area contributed by atoms with Crippen LogP contribution in [0.1, 0.15) is 37.3 Å². The van der Waals surface area contributed by atoms with Gasteiger partial charge >= 0.3 is 0 Å². The number of hydrogen-bond acceptors (Lipinski definition) is 2. The van der Waals surface area contributed by atoms with Crippen molar-refractivity contribution in [1.82, 2.24) is 10.6 Å². The Labute approximate surface area is 137 Å². The van der Waals surface area contributed by atoms with Gasteiger partial charge in [0.25, 0.3) is 0 Å². The summed E-state index contributed by atoms with van der Waals surface area (Å²) < 4.78 is 13.4. The van der Waals surface area contributed by atoms with Crippen LogP contribution >= 0.6 is 11.8 Å². The molecule has 0 radical (unpaired) electrons. The summed E-state index contributed by atoms with van der Waals surface area (Å²) in [5.74, 6) is 2.28. The molecule has 0 spiro atoms. The van der Waals surface area contributed by atoms with Gasteiger partial charge in [-0.1, -0.05) is 19.4 Å². The Morgan fingerprint density at radius 3 is 2.91 bits per heavy atom. The van der Waals surface area contributed by atoms with Crippen LogP contribution in [-0.4, -0.2) is 25.3 Å². The molecular weight excluding hydrogens is 297 g/mol. The Bertz CT molecular complexity index is 519. The average Bonchev–Trinajstić information content (AvgIpc) is 3.23. The van der Waals surface area contributed by atoms with Gasteiger partial charge in [0.15, 0.2) is 5.96 Å². The van der Waals surface area contributed by atoms with E-state index in [9.17, 15) is 4.39 Å². The van der Waals surface area contributed by atoms with Crippen molar-refractivity contribution in [3.63, 3.8) is 0 Å². The van der Waals surface area contributed by atoms with Crippen molar-refractivity contribution >= 4 is 17.7 Å². The highest BCUT2D eigenvalue weighted by Crippen LogP contribution is 2.34. The van der Waals surface area contributed by atoms with E-state index in [4.69, 9.17) is 0 Å². The lowest BCUT2D eigenvalue weighted by Crippen LogP contribution is -2.38. The number of nitrogens with one attached hydrogen (secondary N) is 2. The molecule has 0 aromatic heterocycles. The molecule has 0 amide bonds. The van der Waals surface area contributed by atoms with E-state index in [2.05, 4.69) is 22.5 Å². The number of nitrogens with zero attached hydrogens (tertiary/aromatic N) is 1. The molecule has 1 aliphatic rings. The molecule has 1 aromatic carbocycles. The molecule has 2 atom stereocenters. The van der Waals surface area contributed by atoms with Crippen LogP contribution in [0.5, 0.6) is 0 Å². The summed E-state index contributed by atoms with van der Waals surface area (Å²) in [7, 11) is 1.79. The molecule has 1 saturated carbocycles. The second-order valence-electron chi connectivity index (χ2n) is 5.81. The number of rotatable bonds is 7. The molecule has 122 valence electrons. The van der Waals surface area contributed by atoms with Crippen molar-refractivity contribution in [3.8, 4) is 0 Å². The molecule has 1 fully saturated rings. The van der Waals surface area contributed by atoms with E-state index in [1.54, 1.807) is 24.9 Å². The molecule has 0 saturated heterocycles. The average molecular weight is 323 g/mol. The van der Waals surface area contributed by atoms with Crippen molar-refractivity contribution in [2.45, 2.75) is 44.5 Å². The number of halogens is 1. The largest absolute Gasteiger partial charge is 0.353 e. The van der Waals surface area contributed by atoms with E-state index >= 15 is 0 Å². The monoisotopic (exact) mass is 323 g/mol. The van der Waals surface area contributed by atoms with Gasteiger partial charge in [-0.2, -0.15) is 11.8 Å². The smallest absolute Gasteiger partial charge is 0.191 e. The Hall–Kier alpha value is -1.23. The minimum atomic E-state index is -0.171. The van der Waals surface area contributed by atoms with Crippen molar-refractivity contribution in [2.24, 2.45) is 10.9 Å². The van der Waals surface area contributed by atoms with Crippen LogP contribution in [0.25, 0.3) is 0 Å². The van der Waals surface area contributed by atoms with Gasteiger partial charge in [0.1, 0.15) is 5.82 Å². The third kappa shape index (κ3) is 4.90. The standard InChI is InChI=1S/C17H26FN3S/c1-4-5-12-9-16(12)21-17(19-2)20-10-13-6-7-15(18)8-14(13)11-22-3/h6-8,12,16H,4-5,9-11H2,1-3H3,(H2,19,20,21). The fourth-order valence-corrected chi connectivity index (χ4v) is 3.30. The molecular formula is C17H26FN3S. The Kier molecular flexibility index (Phi) is 6.55. The van der Waals surface area contributed by atoms with E-state index in [1.165, 1.54) is 25.3 Å². The normalized spacial score (nSPS) is 20.8. The van der Waals surface area contributed by atoms with Crippen LogP contribution in [0.3, 0.4) is 0 Å². The third-order valence-corrected chi connectivity index (χ3v) is 4.64. The highest BCUT2D eigenvalue weighted by atomic mass is 32.2. The van der Waals surface area contributed by atoms with Crippen LogP contribution in [0.2, 0.25) is 0 Å². The highest BCUT2D eigenvalue weighted by molar-refractivity contribution is 7.97. The van der Waals surface area contributed by atoms with Crippen molar-refractivity contribution < 1.29 is 4.39 Å². The number of thioether (sulfide) groups is 1. The predicted octanol–water partition coefficient (Wildman–Crippen LogP) is 3.54. The van der Waals surface area contributed by atoms with Gasteiger partial charge in [-0.15, -0.1) is 0 Å². The minimum Gasteiger partial charge on any atom is -0.353 e. The van der Waals surface area contributed by atoms with Crippen molar-refractivity contribution in [3.05, 3.63) is 35.1 Å². The topological polar surface area (TPSA) is 36.4 Å². The molecule has 0 aliphatic heterocycles. The van der Waals surface area contributed by atoms with E-state index in [0.29, 0.717) is 12.6 Å². The summed E-state index contributed by atoms with van der Waals surface area (Å²) in [6.45, 7) is 2.89. The quantitative estimate of drug-likeness (QED) is 0.595. The second-order valence-corrected chi connectivity index (χ2v) is 6.67. The first-order valence-electron chi connectivity index (χ1n) is 7.91. The van der Waals surface area contributed by atoms with Gasteiger partial charge in [-0.05, 0) is 48.3 Å². The number of hydrogen-bond donors (Lipinski definition) is 2. The maximum atomic E-state index is 13.4. The Morgan fingerprint density at radius 2 is 2.23 bits per heavy atom. The predicted molar refractivity (Wildman–Crippen MR) is 93.8 cm³/mol. The van der Waals surface area contributed by atoms with Gasteiger partial charge < -0.3 is 10.6 Å². The summed E-state index contributed by atoms with van der Waals surface area (Å²) >= 11 is 1.70. The minimum absolute atomic E-state index is 0.171. The summed E-state index contributed by atoms with van der Waals surface area (Å²) in [4.78, 5) is 4.29. The van der Waals surface area contributed by atoms with Crippen molar-refractivity contribution in [2.75, 3.05) is 13.3 Å². The second kappa shape index (κ2) is 8.42. The molecule has 1 aromatic rings. The number of guanidine groups is 1. The van der Waals surface area contributed by atoms with E-state index in [-0.39, 0.29) is 5.82 Å². The zero-order valence-corrected chi connectivity index (χ0v) is 14.5. The zero-order chi connectivity index (χ0) is 15.9. The van der Waals surface area contributed by atoms with Gasteiger partial charge in [-0.3, -0.25) is 4.99 Å². The first-order valence-corrected chi connectivity index (χ1v) is 9.30. The summed E-state index contributed by atoms with van der Waals surface area (Å²) in [6, 6.07) is 5.57. The maximum absolute atomic E-state index is 13.4. The summed E-state index contributed by atoms with van der Waals surface area (Å²) in [5.41, 5.74) is 2.17. The summed E-state index contributed by atoms with van der Waals surface area (Å²) in [5, 5.41) is 6.81. The van der Waals surface area contributed by atoms with Crippen LogP contribution in [0.15, 0.2) is 23.2 Å². The number of benzene rings is 1. The van der Waals surface area contributed by atoms with Crippen LogP contribution < -0.4 is 10.6 Å². The van der Waals surface area contributed by atoms with E-state index in [0.717, 1.165) is 28.8 Å². The van der Waals surface area contributed by atoms with Crippen molar-refractivity contribution in [1.29, 1.82) is 0 Å². The fourth-order valence-electron chi connectivity index (χ4n) is 2.72. The molecule has 3 nitrogen and oxygen atoms in total. The number of aliphatic imine (C=N–C) groups is 1. The third-order valence-electron chi connectivity index (χ3n) is 4.04. The maximum Gasteiger partial charge on any atom is 0.191 e. The van der Waals surface area contributed by atoms with E-state index in [1.807, 2.05) is 12.3 Å². The molecule has 2 unspecified atom stereocenters. The Morgan fingerprint density at radius 1 is 1.41 bits per heavy atom. The SMILES string of the molecule is CCCC1CC1NC(=NC)NCc1ccc(F)cc1CSC. The molecule has 0 heterocycles. The molecule has 2 N–H and O–H groups in total. The lowest BCUT2D eigenvalue weighted by atomic mass is 10.1. The van der Waals surface area contributed by atoms with Gasteiger partial charge in [0.05, 0.1) is 0 Å². The van der Waals surface area contributed by atoms with Crippen LogP contribution in [0, 0.1) is 11.7 Å². The van der Waals surface area contributed by atoms with Crippen LogP contribution in [-0.2, 0) is 12.3 Å². The Balaban J connectivity index is 1.88. The molecule has 22 heavy (non-hydrogen) atoms. The molecule has 1 aliphatic carbocycles. The van der Waals surface area contributed by atoms with Crippen LogP contribution in [0.4, 0.5) is 4.39 Å². The first kappa shape index (κ1) is 17.1. The highest BCUT2D eigenvalue weighted by Gasteiger charge is 2.36. The van der Waals surface area contributed by atoms with Gasteiger partial charge in [-0.25, -0.2) is 4.39 Å². The lowest BCUT2D eigenvalue weighted by Gasteiger charge is -2.14. The molecule has 0 bridgehead atoms. The summed E-state index contributed by atoms with van der Waals surface area (Å²) in [6.07, 6.45) is 5.79. The first-order chi connectivity index (χ1) is 10.7. The fraction of sp³-hybridized carbons (Fsp3) is 0.588. The van der Waals surface area contributed by atoms with Gasteiger partial charge in [0.2, 0.25) is 0 Å². The van der Waals surface area contributed by atoms with E-state index < -0.39 is 0 Å². The molecule has 2 rings (SSSR count). The van der Waals surface area contributed by atoms with Gasteiger partial charge in [0, 0.05) is 25.4 Å².